The van der Waals surface area contributed by atoms with Gasteiger partial charge in [0.1, 0.15) is 17.3 Å². The van der Waals surface area contributed by atoms with Crippen LogP contribution in [0.2, 0.25) is 0 Å². The zero-order chi connectivity index (χ0) is 12.1. The smallest absolute Gasteiger partial charge is 0.274 e. The molecule has 0 aliphatic carbocycles. The Labute approximate surface area is 98.0 Å². The standard InChI is InChI=1S/C11H12N4O2/c1-2-17-8-3-4-10(12-7-8)14-11(16)9-5-6-13-15-9/h3-7H,2H2,1H3,(H,13,15)(H,12,14,16). The van der Waals surface area contributed by atoms with E-state index in [1.54, 1.807) is 24.4 Å². The molecule has 2 aromatic rings. The number of pyridine rings is 1. The van der Waals surface area contributed by atoms with Crippen LogP contribution in [0.25, 0.3) is 0 Å². The zero-order valence-electron chi connectivity index (χ0n) is 9.30. The molecule has 0 atom stereocenters. The van der Waals surface area contributed by atoms with Crippen molar-refractivity contribution >= 4 is 11.7 Å². The van der Waals surface area contributed by atoms with E-state index >= 15 is 0 Å². The van der Waals surface area contributed by atoms with Crippen LogP contribution < -0.4 is 10.1 Å². The number of carbonyl (C=O) groups is 1. The van der Waals surface area contributed by atoms with Crippen molar-refractivity contribution in [3.8, 4) is 5.75 Å². The van der Waals surface area contributed by atoms with E-state index in [1.165, 1.54) is 6.20 Å². The minimum absolute atomic E-state index is 0.279. The summed E-state index contributed by atoms with van der Waals surface area (Å²) in [5.74, 6) is 0.860. The number of carbonyl (C=O) groups excluding carboxylic acids is 1. The first-order chi connectivity index (χ1) is 8.29. The Morgan fingerprint density at radius 1 is 1.47 bits per heavy atom. The van der Waals surface area contributed by atoms with Gasteiger partial charge in [0.05, 0.1) is 12.8 Å². The quantitative estimate of drug-likeness (QED) is 0.836. The summed E-state index contributed by atoms with van der Waals surface area (Å²) in [6.07, 6.45) is 3.08. The highest BCUT2D eigenvalue weighted by molar-refractivity contribution is 6.02. The van der Waals surface area contributed by atoms with Gasteiger partial charge in [-0.25, -0.2) is 4.98 Å². The maximum atomic E-state index is 11.6. The summed E-state index contributed by atoms with van der Waals surface area (Å²) in [5.41, 5.74) is 0.390. The highest BCUT2D eigenvalue weighted by atomic mass is 16.5. The van der Waals surface area contributed by atoms with Gasteiger partial charge in [-0.15, -0.1) is 0 Å². The van der Waals surface area contributed by atoms with E-state index in [1.807, 2.05) is 6.92 Å². The lowest BCUT2D eigenvalue weighted by atomic mass is 10.4. The number of rotatable bonds is 4. The molecular formula is C11H12N4O2. The molecule has 0 saturated carbocycles. The second-order valence-electron chi connectivity index (χ2n) is 3.24. The maximum absolute atomic E-state index is 11.6. The molecule has 2 aromatic heterocycles. The lowest BCUT2D eigenvalue weighted by Gasteiger charge is -2.04. The molecule has 0 fully saturated rings. The van der Waals surface area contributed by atoms with Crippen molar-refractivity contribution < 1.29 is 9.53 Å². The van der Waals surface area contributed by atoms with Crippen LogP contribution in [0.5, 0.6) is 5.75 Å². The van der Waals surface area contributed by atoms with Gasteiger partial charge in [0.15, 0.2) is 0 Å². The van der Waals surface area contributed by atoms with Gasteiger partial charge in [0, 0.05) is 6.20 Å². The third-order valence-electron chi connectivity index (χ3n) is 2.03. The molecule has 0 radical (unpaired) electrons. The molecule has 0 aliphatic rings. The number of nitrogens with zero attached hydrogens (tertiary/aromatic N) is 2. The molecule has 0 spiro atoms. The molecular weight excluding hydrogens is 220 g/mol. The third-order valence-corrected chi connectivity index (χ3v) is 2.03. The number of nitrogens with one attached hydrogen (secondary N) is 2. The van der Waals surface area contributed by atoms with Crippen LogP contribution in [-0.2, 0) is 0 Å². The average molecular weight is 232 g/mol. The van der Waals surface area contributed by atoms with Crippen molar-refractivity contribution in [2.24, 2.45) is 0 Å². The van der Waals surface area contributed by atoms with Gasteiger partial charge < -0.3 is 10.1 Å². The molecule has 2 N–H and O–H groups in total. The first-order valence-corrected chi connectivity index (χ1v) is 5.19. The van der Waals surface area contributed by atoms with E-state index < -0.39 is 0 Å². The number of hydrogen-bond acceptors (Lipinski definition) is 4. The SMILES string of the molecule is CCOc1ccc(NC(=O)c2ccn[nH]2)nc1. The Bertz CT molecular complexity index is 479. The molecule has 1 amide bonds. The molecule has 0 unspecified atom stereocenters. The Hall–Kier alpha value is -2.37. The minimum atomic E-state index is -0.279. The highest BCUT2D eigenvalue weighted by Crippen LogP contribution is 2.12. The predicted molar refractivity (Wildman–Crippen MR) is 61.9 cm³/mol. The summed E-state index contributed by atoms with van der Waals surface area (Å²) in [5, 5.41) is 8.91. The number of anilines is 1. The normalized spacial score (nSPS) is 9.94. The van der Waals surface area contributed by atoms with E-state index in [-0.39, 0.29) is 5.91 Å². The van der Waals surface area contributed by atoms with Crippen molar-refractivity contribution in [3.05, 3.63) is 36.3 Å². The summed E-state index contributed by atoms with van der Waals surface area (Å²) < 4.78 is 5.25. The summed E-state index contributed by atoms with van der Waals surface area (Å²) in [4.78, 5) is 15.7. The van der Waals surface area contributed by atoms with Gasteiger partial charge in [-0.2, -0.15) is 5.10 Å². The molecule has 0 saturated heterocycles. The number of H-pyrrole nitrogens is 1. The molecule has 17 heavy (non-hydrogen) atoms. The first kappa shape index (κ1) is 11.1. The van der Waals surface area contributed by atoms with Gasteiger partial charge in [-0.05, 0) is 25.1 Å². The van der Waals surface area contributed by atoms with E-state index in [9.17, 15) is 4.79 Å². The Kier molecular flexibility index (Phi) is 3.34. The van der Waals surface area contributed by atoms with Crippen LogP contribution in [0.3, 0.4) is 0 Å². The largest absolute Gasteiger partial charge is 0.492 e. The van der Waals surface area contributed by atoms with Crippen LogP contribution >= 0.6 is 0 Å². The second kappa shape index (κ2) is 5.11. The number of amides is 1. The Morgan fingerprint density at radius 2 is 2.35 bits per heavy atom. The minimum Gasteiger partial charge on any atom is -0.492 e. The molecule has 0 aromatic carbocycles. The van der Waals surface area contributed by atoms with Gasteiger partial charge >= 0.3 is 0 Å². The van der Waals surface area contributed by atoms with E-state index in [0.29, 0.717) is 23.9 Å². The van der Waals surface area contributed by atoms with Crippen molar-refractivity contribution in [1.29, 1.82) is 0 Å². The molecule has 2 rings (SSSR count). The summed E-state index contributed by atoms with van der Waals surface area (Å²) in [6, 6.07) is 5.02. The maximum Gasteiger partial charge on any atom is 0.274 e. The highest BCUT2D eigenvalue weighted by Gasteiger charge is 2.07. The summed E-state index contributed by atoms with van der Waals surface area (Å²) in [7, 11) is 0. The summed E-state index contributed by atoms with van der Waals surface area (Å²) in [6.45, 7) is 2.48. The number of aromatic nitrogens is 3. The van der Waals surface area contributed by atoms with Crippen molar-refractivity contribution in [2.45, 2.75) is 6.92 Å². The molecule has 6 nitrogen and oxygen atoms in total. The first-order valence-electron chi connectivity index (χ1n) is 5.19. The van der Waals surface area contributed by atoms with Crippen LogP contribution in [0.15, 0.2) is 30.6 Å². The van der Waals surface area contributed by atoms with Gasteiger partial charge in [0.25, 0.3) is 5.91 Å². The van der Waals surface area contributed by atoms with Gasteiger partial charge in [-0.3, -0.25) is 9.89 Å². The molecule has 0 bridgehead atoms. The third kappa shape index (κ3) is 2.81. The Morgan fingerprint density at radius 3 is 2.94 bits per heavy atom. The number of hydrogen-bond donors (Lipinski definition) is 2. The van der Waals surface area contributed by atoms with Crippen LogP contribution in [0, 0.1) is 0 Å². The lowest BCUT2D eigenvalue weighted by Crippen LogP contribution is -2.13. The van der Waals surface area contributed by atoms with E-state index in [0.717, 1.165) is 0 Å². The molecule has 2 heterocycles. The average Bonchev–Trinajstić information content (AvgIpc) is 2.86. The molecule has 0 aliphatic heterocycles. The fourth-order valence-electron chi connectivity index (χ4n) is 1.27. The molecule has 6 heteroatoms. The Balaban J connectivity index is 2.01. The lowest BCUT2D eigenvalue weighted by molar-refractivity contribution is 0.102. The van der Waals surface area contributed by atoms with Crippen molar-refractivity contribution in [1.82, 2.24) is 15.2 Å². The number of ether oxygens (including phenoxy) is 1. The topological polar surface area (TPSA) is 79.9 Å². The van der Waals surface area contributed by atoms with Crippen LogP contribution in [0.4, 0.5) is 5.82 Å². The van der Waals surface area contributed by atoms with Crippen molar-refractivity contribution in [3.63, 3.8) is 0 Å². The number of aromatic amines is 1. The van der Waals surface area contributed by atoms with E-state index in [2.05, 4.69) is 20.5 Å². The van der Waals surface area contributed by atoms with Gasteiger partial charge in [-0.1, -0.05) is 0 Å². The second-order valence-corrected chi connectivity index (χ2v) is 3.24. The molecule has 88 valence electrons. The van der Waals surface area contributed by atoms with Gasteiger partial charge in [0.2, 0.25) is 0 Å². The predicted octanol–water partition coefficient (Wildman–Crippen LogP) is 1.46. The fraction of sp³-hybridized carbons (Fsp3) is 0.182. The summed E-state index contributed by atoms with van der Waals surface area (Å²) >= 11 is 0. The van der Waals surface area contributed by atoms with Crippen LogP contribution in [-0.4, -0.2) is 27.7 Å². The fourth-order valence-corrected chi connectivity index (χ4v) is 1.27. The van der Waals surface area contributed by atoms with Crippen LogP contribution in [0.1, 0.15) is 17.4 Å². The monoisotopic (exact) mass is 232 g/mol. The van der Waals surface area contributed by atoms with E-state index in [4.69, 9.17) is 4.74 Å². The van der Waals surface area contributed by atoms with Crippen molar-refractivity contribution in [2.75, 3.05) is 11.9 Å². The zero-order valence-corrected chi connectivity index (χ0v) is 9.30.